The molecule has 2 fully saturated rings. The summed E-state index contributed by atoms with van der Waals surface area (Å²) in [6.07, 6.45) is 3.82. The minimum Gasteiger partial charge on any atom is -0.459 e. The Labute approximate surface area is 204 Å². The highest BCUT2D eigenvalue weighted by Crippen LogP contribution is 2.37. The molecule has 2 saturated carbocycles. The molecule has 2 aromatic rings. The van der Waals surface area contributed by atoms with Crippen LogP contribution >= 0.6 is 0 Å². The first-order chi connectivity index (χ1) is 16.9. The molecule has 0 heterocycles. The first kappa shape index (κ1) is 25.7. The molecule has 0 saturated heterocycles. The second-order valence-electron chi connectivity index (χ2n) is 9.71. The second kappa shape index (κ2) is 11.6. The van der Waals surface area contributed by atoms with Gasteiger partial charge in [0, 0.05) is 6.61 Å². The summed E-state index contributed by atoms with van der Waals surface area (Å²) in [4.78, 5) is 12.6. The average molecular weight is 491 g/mol. The van der Waals surface area contributed by atoms with Crippen molar-refractivity contribution in [1.82, 2.24) is 0 Å². The predicted molar refractivity (Wildman–Crippen MR) is 126 cm³/mol. The molecule has 2 aromatic carbocycles. The Morgan fingerprint density at radius 2 is 1.51 bits per heavy atom. The van der Waals surface area contributed by atoms with Crippen LogP contribution in [0.5, 0.6) is 0 Å². The molecule has 0 atom stereocenters. The van der Waals surface area contributed by atoms with Gasteiger partial charge in [-0.15, -0.1) is 0 Å². The fourth-order valence-electron chi connectivity index (χ4n) is 5.34. The van der Waals surface area contributed by atoms with Gasteiger partial charge in [-0.2, -0.15) is 0 Å². The van der Waals surface area contributed by atoms with Crippen molar-refractivity contribution in [3.05, 3.63) is 70.0 Å². The van der Waals surface area contributed by atoms with Crippen LogP contribution < -0.4 is 0 Å². The zero-order valence-corrected chi connectivity index (χ0v) is 20.1. The van der Waals surface area contributed by atoms with E-state index in [-0.39, 0.29) is 29.3 Å². The van der Waals surface area contributed by atoms with Crippen LogP contribution in [0.2, 0.25) is 0 Å². The highest BCUT2D eigenvalue weighted by Gasteiger charge is 2.30. The molecule has 4 nitrogen and oxygen atoms in total. The van der Waals surface area contributed by atoms with Crippen LogP contribution in [0.1, 0.15) is 97.2 Å². The van der Waals surface area contributed by atoms with Gasteiger partial charge in [-0.25, -0.2) is 18.0 Å². The quantitative estimate of drug-likeness (QED) is 0.448. The lowest BCUT2D eigenvalue weighted by Gasteiger charge is -2.29. The van der Waals surface area contributed by atoms with Gasteiger partial charge >= 0.3 is 5.97 Å². The van der Waals surface area contributed by atoms with Crippen molar-refractivity contribution in [2.24, 2.45) is 0 Å². The van der Waals surface area contributed by atoms with Gasteiger partial charge in [-0.3, -0.25) is 0 Å². The van der Waals surface area contributed by atoms with Crippen molar-refractivity contribution in [1.29, 1.82) is 0 Å². The van der Waals surface area contributed by atoms with Gasteiger partial charge in [0.15, 0.2) is 11.6 Å². The van der Waals surface area contributed by atoms with E-state index < -0.39 is 29.3 Å². The highest BCUT2D eigenvalue weighted by molar-refractivity contribution is 5.90. The van der Waals surface area contributed by atoms with Crippen LogP contribution in [0, 0.1) is 17.5 Å². The molecule has 7 heteroatoms. The highest BCUT2D eigenvalue weighted by atomic mass is 19.2. The van der Waals surface area contributed by atoms with E-state index in [0.29, 0.717) is 70.1 Å². The third-order valence-corrected chi connectivity index (χ3v) is 7.39. The van der Waals surface area contributed by atoms with E-state index in [1.54, 1.807) is 6.07 Å². The Morgan fingerprint density at radius 1 is 0.886 bits per heavy atom. The number of hydrogen-bond donors (Lipinski definition) is 1. The summed E-state index contributed by atoms with van der Waals surface area (Å²) in [5, 5.41) is 9.65. The number of aliphatic hydroxyl groups is 1. The van der Waals surface area contributed by atoms with Crippen molar-refractivity contribution in [2.45, 2.75) is 88.9 Å². The van der Waals surface area contributed by atoms with E-state index in [1.165, 1.54) is 18.2 Å². The van der Waals surface area contributed by atoms with Crippen LogP contribution in [-0.4, -0.2) is 29.9 Å². The molecule has 1 N–H and O–H groups in total. The number of esters is 1. The third kappa shape index (κ3) is 6.07. The third-order valence-electron chi connectivity index (χ3n) is 7.39. The Morgan fingerprint density at radius 3 is 2.17 bits per heavy atom. The Bertz CT molecular complexity index is 1030. The molecule has 0 unspecified atom stereocenters. The molecule has 0 spiro atoms. The normalized spacial score (nSPS) is 24.8. The van der Waals surface area contributed by atoms with Gasteiger partial charge in [0.1, 0.15) is 11.9 Å². The van der Waals surface area contributed by atoms with Crippen molar-refractivity contribution >= 4 is 5.97 Å². The molecule has 2 aliphatic carbocycles. The summed E-state index contributed by atoms with van der Waals surface area (Å²) < 4.78 is 55.0. The molecule has 0 aliphatic heterocycles. The number of hydrogen-bond acceptors (Lipinski definition) is 4. The van der Waals surface area contributed by atoms with Gasteiger partial charge in [0.2, 0.25) is 0 Å². The first-order valence-corrected chi connectivity index (χ1v) is 12.6. The van der Waals surface area contributed by atoms with E-state index in [4.69, 9.17) is 9.47 Å². The maximum atomic E-state index is 14.8. The lowest BCUT2D eigenvalue weighted by molar-refractivity contribution is 0.0188. The van der Waals surface area contributed by atoms with Crippen LogP contribution in [0.3, 0.4) is 0 Å². The number of carbonyl (C=O) groups excluding carboxylic acids is 1. The molecule has 0 radical (unpaired) electrons. The van der Waals surface area contributed by atoms with Crippen molar-refractivity contribution in [2.75, 3.05) is 6.61 Å². The van der Waals surface area contributed by atoms with Crippen LogP contribution in [0.4, 0.5) is 13.2 Å². The Balaban J connectivity index is 1.34. The second-order valence-corrected chi connectivity index (χ2v) is 9.71. The molecule has 4 rings (SSSR count). The number of aliphatic hydroxyl groups excluding tert-OH is 1. The minimum atomic E-state index is -1.18. The average Bonchev–Trinajstić information content (AvgIpc) is 2.85. The zero-order valence-electron chi connectivity index (χ0n) is 20.1. The van der Waals surface area contributed by atoms with Crippen molar-refractivity contribution < 1.29 is 32.5 Å². The number of rotatable bonds is 7. The smallest absolute Gasteiger partial charge is 0.341 e. The summed E-state index contributed by atoms with van der Waals surface area (Å²) in [7, 11) is 0. The summed E-state index contributed by atoms with van der Waals surface area (Å²) in [5.74, 6) is -3.46. The lowest BCUT2D eigenvalue weighted by Crippen LogP contribution is -2.25. The van der Waals surface area contributed by atoms with E-state index in [0.717, 1.165) is 5.56 Å². The van der Waals surface area contributed by atoms with Crippen molar-refractivity contribution in [3.63, 3.8) is 0 Å². The molecule has 2 aliphatic rings. The molecule has 0 bridgehead atoms. The van der Waals surface area contributed by atoms with Crippen molar-refractivity contribution in [3.8, 4) is 0 Å². The van der Waals surface area contributed by atoms with E-state index in [9.17, 15) is 23.1 Å². The minimum absolute atomic E-state index is 0.0218. The fraction of sp³-hybridized carbons (Fsp3) is 0.536. The predicted octanol–water partition coefficient (Wildman–Crippen LogP) is 6.54. The topological polar surface area (TPSA) is 55.8 Å². The number of halogens is 3. The molecule has 0 amide bonds. The van der Waals surface area contributed by atoms with E-state index in [1.807, 2.05) is 13.0 Å². The van der Waals surface area contributed by atoms with E-state index >= 15 is 0 Å². The van der Waals surface area contributed by atoms with E-state index in [2.05, 4.69) is 0 Å². The van der Waals surface area contributed by atoms with Gasteiger partial charge in [0.25, 0.3) is 0 Å². The summed E-state index contributed by atoms with van der Waals surface area (Å²) in [6, 6.07) is 7.94. The molecule has 0 aromatic heterocycles. The lowest BCUT2D eigenvalue weighted by atomic mass is 9.82. The number of benzene rings is 2. The van der Waals surface area contributed by atoms with Gasteiger partial charge in [-0.1, -0.05) is 18.2 Å². The largest absolute Gasteiger partial charge is 0.459 e. The zero-order chi connectivity index (χ0) is 24.9. The SMILES string of the molecule is CCOCc1ccc(C2CCC(OC(=O)c3ccc(C4CCC(O)CC4)c(F)c3F)CC2)c(F)c1. The molecule has 35 heavy (non-hydrogen) atoms. The first-order valence-electron chi connectivity index (χ1n) is 12.6. The maximum Gasteiger partial charge on any atom is 0.341 e. The Kier molecular flexibility index (Phi) is 8.50. The van der Waals surface area contributed by atoms with Crippen LogP contribution in [0.25, 0.3) is 0 Å². The van der Waals surface area contributed by atoms with Gasteiger partial charge < -0.3 is 14.6 Å². The molecule has 190 valence electrons. The number of carbonyl (C=O) groups is 1. The van der Waals surface area contributed by atoms with Gasteiger partial charge in [0.05, 0.1) is 18.3 Å². The molecular weight excluding hydrogens is 457 g/mol. The number of ether oxygens (including phenoxy) is 2. The summed E-state index contributed by atoms with van der Waals surface area (Å²) >= 11 is 0. The Hall–Kier alpha value is -2.38. The van der Waals surface area contributed by atoms with Gasteiger partial charge in [-0.05, 0) is 98.9 Å². The summed E-state index contributed by atoms with van der Waals surface area (Å²) in [6.45, 7) is 2.83. The fourth-order valence-corrected chi connectivity index (χ4v) is 5.34. The van der Waals surface area contributed by atoms with Crippen LogP contribution in [-0.2, 0) is 16.1 Å². The standard InChI is InChI=1S/C28H33F3O4/c1-2-34-16-17-3-12-22(25(29)15-17)18-6-10-21(11-7-18)35-28(33)24-14-13-23(26(30)27(24)31)19-4-8-20(32)9-5-19/h3,12-15,18-21,32H,2,4-11,16H2,1H3. The molecular formula is C28H33F3O4. The maximum absolute atomic E-state index is 14.8. The summed E-state index contributed by atoms with van der Waals surface area (Å²) in [5.41, 5.74) is 1.28. The monoisotopic (exact) mass is 490 g/mol. The van der Waals surface area contributed by atoms with Crippen LogP contribution in [0.15, 0.2) is 30.3 Å².